The summed E-state index contributed by atoms with van der Waals surface area (Å²) >= 11 is 0. The molecule has 0 saturated carbocycles. The van der Waals surface area contributed by atoms with Gasteiger partial charge in [0.2, 0.25) is 0 Å². The van der Waals surface area contributed by atoms with Gasteiger partial charge in [-0.2, -0.15) is 0 Å². The van der Waals surface area contributed by atoms with E-state index in [0.29, 0.717) is 0 Å². The molecule has 2 nitrogen and oxygen atoms in total. The van der Waals surface area contributed by atoms with Crippen molar-refractivity contribution in [3.05, 3.63) is 35.4 Å². The number of aliphatic hydroxyl groups is 1. The second-order valence-electron chi connectivity index (χ2n) is 3.70. The zero-order chi connectivity index (χ0) is 9.26. The first-order chi connectivity index (χ1) is 6.27. The molecule has 1 heterocycles. The summed E-state index contributed by atoms with van der Waals surface area (Å²) in [5, 5.41) is 12.8. The number of nitrogens with one attached hydrogen (secondary N) is 1. The lowest BCUT2D eigenvalue weighted by molar-refractivity contribution is 0.140. The van der Waals surface area contributed by atoms with Crippen LogP contribution in [0.25, 0.3) is 0 Å². The quantitative estimate of drug-likeness (QED) is 0.673. The molecule has 2 heteroatoms. The van der Waals surface area contributed by atoms with Gasteiger partial charge in [-0.25, -0.2) is 0 Å². The lowest BCUT2D eigenvalue weighted by Crippen LogP contribution is -2.42. The minimum absolute atomic E-state index is 0.218. The zero-order valence-electron chi connectivity index (χ0n) is 7.83. The van der Waals surface area contributed by atoms with Gasteiger partial charge in [0.25, 0.3) is 0 Å². The van der Waals surface area contributed by atoms with Gasteiger partial charge in [0.15, 0.2) is 0 Å². The van der Waals surface area contributed by atoms with E-state index in [-0.39, 0.29) is 12.1 Å². The summed E-state index contributed by atoms with van der Waals surface area (Å²) < 4.78 is 0. The largest absolute Gasteiger partial charge is 0.392 e. The van der Waals surface area contributed by atoms with Crippen LogP contribution in [0, 0.1) is 0 Å². The summed E-state index contributed by atoms with van der Waals surface area (Å²) in [7, 11) is 0. The fourth-order valence-corrected chi connectivity index (χ4v) is 1.82. The van der Waals surface area contributed by atoms with Gasteiger partial charge in [0.1, 0.15) is 0 Å². The molecule has 0 aromatic heterocycles. The van der Waals surface area contributed by atoms with Crippen LogP contribution >= 0.6 is 0 Å². The van der Waals surface area contributed by atoms with Crippen molar-refractivity contribution in [1.82, 2.24) is 5.32 Å². The Morgan fingerprint density at radius 1 is 1.38 bits per heavy atom. The molecule has 0 saturated heterocycles. The number of aliphatic hydroxyl groups excluding tert-OH is 1. The summed E-state index contributed by atoms with van der Waals surface area (Å²) in [6, 6.07) is 8.62. The first-order valence-electron chi connectivity index (χ1n) is 4.75. The summed E-state index contributed by atoms with van der Waals surface area (Å²) in [4.78, 5) is 0. The molecule has 0 radical (unpaired) electrons. The summed E-state index contributed by atoms with van der Waals surface area (Å²) in [5.74, 6) is 0. The van der Waals surface area contributed by atoms with Gasteiger partial charge < -0.3 is 10.4 Å². The number of fused-ring (bicyclic) bond motifs is 1. The minimum atomic E-state index is -0.270. The molecule has 13 heavy (non-hydrogen) atoms. The van der Waals surface area contributed by atoms with Gasteiger partial charge in [-0.05, 0) is 24.5 Å². The van der Waals surface area contributed by atoms with Crippen molar-refractivity contribution in [1.29, 1.82) is 0 Å². The van der Waals surface area contributed by atoms with Crippen LogP contribution in [-0.2, 0) is 13.0 Å². The highest BCUT2D eigenvalue weighted by Crippen LogP contribution is 2.17. The smallest absolute Gasteiger partial charge is 0.0668 e. The molecule has 1 aromatic rings. The third-order valence-corrected chi connectivity index (χ3v) is 2.70. The fraction of sp³-hybridized carbons (Fsp3) is 0.455. The van der Waals surface area contributed by atoms with E-state index < -0.39 is 0 Å². The van der Waals surface area contributed by atoms with Gasteiger partial charge in [-0.3, -0.25) is 0 Å². The van der Waals surface area contributed by atoms with Crippen LogP contribution in [0.5, 0.6) is 0 Å². The maximum atomic E-state index is 9.44. The average Bonchev–Trinajstić information content (AvgIpc) is 2.17. The van der Waals surface area contributed by atoms with Crippen molar-refractivity contribution in [3.8, 4) is 0 Å². The third-order valence-electron chi connectivity index (χ3n) is 2.70. The highest BCUT2D eigenvalue weighted by atomic mass is 16.3. The monoisotopic (exact) mass is 177 g/mol. The molecule has 2 unspecified atom stereocenters. The molecule has 1 aliphatic heterocycles. The first kappa shape index (κ1) is 8.73. The van der Waals surface area contributed by atoms with Gasteiger partial charge in [-0.15, -0.1) is 0 Å². The maximum absolute atomic E-state index is 9.44. The van der Waals surface area contributed by atoms with E-state index in [0.717, 1.165) is 13.0 Å². The van der Waals surface area contributed by atoms with Crippen LogP contribution < -0.4 is 5.32 Å². The van der Waals surface area contributed by atoms with Crippen molar-refractivity contribution >= 4 is 0 Å². The Labute approximate surface area is 78.6 Å². The molecule has 0 amide bonds. The Balaban J connectivity index is 2.20. The maximum Gasteiger partial charge on any atom is 0.0668 e. The van der Waals surface area contributed by atoms with E-state index in [1.807, 2.05) is 6.92 Å². The van der Waals surface area contributed by atoms with Crippen LogP contribution in [0.1, 0.15) is 18.1 Å². The van der Waals surface area contributed by atoms with Gasteiger partial charge in [-0.1, -0.05) is 24.3 Å². The Kier molecular flexibility index (Phi) is 2.34. The standard InChI is InChI=1S/C11H15NO/c1-8(13)11-6-9-4-2-3-5-10(9)7-12-11/h2-5,8,11-13H,6-7H2,1H3. The van der Waals surface area contributed by atoms with Crippen molar-refractivity contribution in [2.75, 3.05) is 0 Å². The van der Waals surface area contributed by atoms with Crippen molar-refractivity contribution in [2.24, 2.45) is 0 Å². The van der Waals surface area contributed by atoms with Crippen LogP contribution in [0.15, 0.2) is 24.3 Å². The molecule has 2 atom stereocenters. The number of benzene rings is 1. The molecule has 0 spiro atoms. The second-order valence-corrected chi connectivity index (χ2v) is 3.70. The van der Waals surface area contributed by atoms with Gasteiger partial charge in [0, 0.05) is 12.6 Å². The Bertz CT molecular complexity index is 296. The molecule has 2 N–H and O–H groups in total. The first-order valence-corrected chi connectivity index (χ1v) is 4.75. The summed E-state index contributed by atoms with van der Waals surface area (Å²) in [6.07, 6.45) is 0.668. The van der Waals surface area contributed by atoms with E-state index in [1.54, 1.807) is 0 Å². The molecular formula is C11H15NO. The molecule has 2 rings (SSSR count). The third kappa shape index (κ3) is 1.74. The van der Waals surface area contributed by atoms with E-state index in [9.17, 15) is 5.11 Å². The summed E-state index contributed by atoms with van der Waals surface area (Å²) in [5.41, 5.74) is 2.73. The average molecular weight is 177 g/mol. The predicted molar refractivity (Wildman–Crippen MR) is 52.5 cm³/mol. The predicted octanol–water partition coefficient (Wildman–Crippen LogP) is 1.08. The van der Waals surface area contributed by atoms with Crippen molar-refractivity contribution < 1.29 is 5.11 Å². The van der Waals surface area contributed by atoms with E-state index in [1.165, 1.54) is 11.1 Å². The van der Waals surface area contributed by atoms with Gasteiger partial charge in [0.05, 0.1) is 6.10 Å². The molecule has 1 aliphatic rings. The number of rotatable bonds is 1. The van der Waals surface area contributed by atoms with E-state index in [4.69, 9.17) is 0 Å². The highest BCUT2D eigenvalue weighted by molar-refractivity contribution is 5.30. The number of hydrogen-bond acceptors (Lipinski definition) is 2. The molecule has 1 aromatic carbocycles. The van der Waals surface area contributed by atoms with Gasteiger partial charge >= 0.3 is 0 Å². The summed E-state index contributed by atoms with van der Waals surface area (Å²) in [6.45, 7) is 2.72. The lowest BCUT2D eigenvalue weighted by atomic mass is 9.94. The molecule has 0 aliphatic carbocycles. The molecular weight excluding hydrogens is 162 g/mol. The Morgan fingerprint density at radius 2 is 2.08 bits per heavy atom. The van der Waals surface area contributed by atoms with Crippen molar-refractivity contribution in [3.63, 3.8) is 0 Å². The normalized spacial score (nSPS) is 23.7. The van der Waals surface area contributed by atoms with E-state index in [2.05, 4.69) is 29.6 Å². The molecule has 0 fully saturated rings. The Morgan fingerprint density at radius 3 is 2.77 bits per heavy atom. The molecule has 0 bridgehead atoms. The molecule has 70 valence electrons. The minimum Gasteiger partial charge on any atom is -0.392 e. The van der Waals surface area contributed by atoms with Crippen LogP contribution in [0.3, 0.4) is 0 Å². The van der Waals surface area contributed by atoms with Crippen LogP contribution in [0.2, 0.25) is 0 Å². The topological polar surface area (TPSA) is 32.3 Å². The second kappa shape index (κ2) is 3.48. The van der Waals surface area contributed by atoms with Crippen LogP contribution in [-0.4, -0.2) is 17.3 Å². The zero-order valence-corrected chi connectivity index (χ0v) is 7.83. The lowest BCUT2D eigenvalue weighted by Gasteiger charge is -2.27. The Hall–Kier alpha value is -0.860. The van der Waals surface area contributed by atoms with Crippen molar-refractivity contribution in [2.45, 2.75) is 32.0 Å². The van der Waals surface area contributed by atoms with E-state index >= 15 is 0 Å². The highest BCUT2D eigenvalue weighted by Gasteiger charge is 2.20. The fourth-order valence-electron chi connectivity index (χ4n) is 1.82. The number of hydrogen-bond donors (Lipinski definition) is 2. The van der Waals surface area contributed by atoms with Crippen LogP contribution in [0.4, 0.5) is 0 Å². The SMILES string of the molecule is CC(O)C1Cc2ccccc2CN1.